The van der Waals surface area contributed by atoms with Crippen molar-refractivity contribution < 1.29 is 12.8 Å². The maximum absolute atomic E-state index is 13.8. The number of anilines is 1. The highest BCUT2D eigenvalue weighted by molar-refractivity contribution is 9.10. The Morgan fingerprint density at radius 1 is 1.30 bits per heavy atom. The molecule has 0 saturated carbocycles. The van der Waals surface area contributed by atoms with Crippen LogP contribution < -0.4 is 4.72 Å². The number of nitrogens with zero attached hydrogens (tertiary/aromatic N) is 1. The number of rotatable bonds is 3. The minimum atomic E-state index is -4.07. The van der Waals surface area contributed by atoms with Gasteiger partial charge >= 0.3 is 0 Å². The van der Waals surface area contributed by atoms with E-state index < -0.39 is 20.7 Å². The molecule has 0 aliphatic carbocycles. The molecule has 2 rings (SSSR count). The first-order valence-electron chi connectivity index (χ1n) is 5.41. The molecule has 0 aliphatic heterocycles. The number of sulfonamides is 1. The normalized spacial score (nSPS) is 11.4. The van der Waals surface area contributed by atoms with E-state index in [0.29, 0.717) is 10.3 Å². The van der Waals surface area contributed by atoms with Gasteiger partial charge in [0, 0.05) is 0 Å². The second kappa shape index (κ2) is 5.67. The van der Waals surface area contributed by atoms with E-state index in [-0.39, 0.29) is 10.7 Å². The first kappa shape index (κ1) is 15.2. The summed E-state index contributed by atoms with van der Waals surface area (Å²) in [5.74, 6) is -0.982. The van der Waals surface area contributed by atoms with Crippen LogP contribution in [-0.4, -0.2) is 13.4 Å². The molecule has 1 N–H and O–H groups in total. The van der Waals surface area contributed by atoms with Gasteiger partial charge < -0.3 is 0 Å². The van der Waals surface area contributed by atoms with Crippen molar-refractivity contribution in [3.63, 3.8) is 0 Å². The summed E-state index contributed by atoms with van der Waals surface area (Å²) in [7, 11) is -4.07. The molecule has 0 unspecified atom stereocenters. The number of halogens is 3. The Morgan fingerprint density at radius 2 is 2.00 bits per heavy atom. The van der Waals surface area contributed by atoms with Crippen LogP contribution in [0.1, 0.15) is 5.69 Å². The third-order valence-electron chi connectivity index (χ3n) is 2.50. The van der Waals surface area contributed by atoms with Crippen LogP contribution in [0.25, 0.3) is 0 Å². The molecule has 0 fully saturated rings. The first-order valence-corrected chi connectivity index (χ1v) is 8.06. The maximum Gasteiger partial charge on any atom is 0.264 e. The summed E-state index contributed by atoms with van der Waals surface area (Å²) < 4.78 is 41.0. The highest BCUT2D eigenvalue weighted by Gasteiger charge is 2.21. The van der Waals surface area contributed by atoms with Crippen LogP contribution in [0.5, 0.6) is 0 Å². The quantitative estimate of drug-likeness (QED) is 0.826. The van der Waals surface area contributed by atoms with Gasteiger partial charge in [-0.15, -0.1) is 0 Å². The average molecular weight is 380 g/mol. The molecule has 0 saturated heterocycles. The third kappa shape index (κ3) is 3.11. The lowest BCUT2D eigenvalue weighted by Gasteiger charge is -2.11. The van der Waals surface area contributed by atoms with Gasteiger partial charge in [0.25, 0.3) is 10.0 Å². The van der Waals surface area contributed by atoms with E-state index in [1.807, 2.05) is 0 Å². The van der Waals surface area contributed by atoms with Crippen molar-refractivity contribution in [1.82, 2.24) is 4.98 Å². The van der Waals surface area contributed by atoms with Gasteiger partial charge in [0.15, 0.2) is 5.82 Å². The molecule has 106 valence electrons. The van der Waals surface area contributed by atoms with Crippen molar-refractivity contribution in [1.29, 1.82) is 0 Å². The number of nitrogens with one attached hydrogen (secondary N) is 1. The van der Waals surface area contributed by atoms with Crippen molar-refractivity contribution in [2.45, 2.75) is 11.8 Å². The molecule has 0 spiro atoms. The van der Waals surface area contributed by atoms with Crippen LogP contribution in [-0.2, 0) is 10.0 Å². The minimum absolute atomic E-state index is 0.251. The molecule has 8 heteroatoms. The Balaban J connectivity index is 2.44. The van der Waals surface area contributed by atoms with Crippen molar-refractivity contribution in [3.8, 4) is 0 Å². The molecule has 0 radical (unpaired) electrons. The SMILES string of the molecule is Cc1nc(Br)ccc1NS(=O)(=O)c1cccc(Cl)c1F. The fourth-order valence-electron chi connectivity index (χ4n) is 1.53. The molecule has 20 heavy (non-hydrogen) atoms. The topological polar surface area (TPSA) is 59.1 Å². The van der Waals surface area contributed by atoms with Gasteiger partial charge in [-0.1, -0.05) is 17.7 Å². The average Bonchev–Trinajstić information content (AvgIpc) is 2.36. The number of hydrogen-bond acceptors (Lipinski definition) is 3. The van der Waals surface area contributed by atoms with Crippen molar-refractivity contribution >= 4 is 43.2 Å². The number of aryl methyl sites for hydroxylation is 1. The van der Waals surface area contributed by atoms with Crippen molar-refractivity contribution in [3.05, 3.63) is 51.5 Å². The zero-order valence-electron chi connectivity index (χ0n) is 10.2. The minimum Gasteiger partial charge on any atom is -0.278 e. The van der Waals surface area contributed by atoms with Crippen LogP contribution in [0.4, 0.5) is 10.1 Å². The van der Waals surface area contributed by atoms with Gasteiger partial charge in [-0.3, -0.25) is 4.72 Å². The Morgan fingerprint density at radius 3 is 2.65 bits per heavy atom. The van der Waals surface area contributed by atoms with Gasteiger partial charge in [0.05, 0.1) is 16.4 Å². The summed E-state index contributed by atoms with van der Waals surface area (Å²) in [6.45, 7) is 1.64. The summed E-state index contributed by atoms with van der Waals surface area (Å²) in [6.07, 6.45) is 0. The molecule has 0 bridgehead atoms. The summed E-state index contributed by atoms with van der Waals surface area (Å²) in [6, 6.07) is 6.91. The summed E-state index contributed by atoms with van der Waals surface area (Å²) >= 11 is 8.77. The molecule has 0 atom stereocenters. The Bertz CT molecular complexity index is 768. The van der Waals surface area contributed by atoms with Gasteiger partial charge in [-0.05, 0) is 47.1 Å². The third-order valence-corrected chi connectivity index (χ3v) is 4.62. The maximum atomic E-state index is 13.8. The van der Waals surface area contributed by atoms with Gasteiger partial charge in [0.2, 0.25) is 0 Å². The van der Waals surface area contributed by atoms with E-state index in [2.05, 4.69) is 25.6 Å². The van der Waals surface area contributed by atoms with Crippen LogP contribution in [0.15, 0.2) is 39.8 Å². The van der Waals surface area contributed by atoms with E-state index in [1.165, 1.54) is 18.2 Å². The molecule has 4 nitrogen and oxygen atoms in total. The largest absolute Gasteiger partial charge is 0.278 e. The Labute approximate surface area is 129 Å². The molecule has 2 aromatic rings. The highest BCUT2D eigenvalue weighted by Crippen LogP contribution is 2.25. The predicted molar refractivity (Wildman–Crippen MR) is 78.9 cm³/mol. The van der Waals surface area contributed by atoms with Gasteiger partial charge in [0.1, 0.15) is 9.50 Å². The molecule has 1 aromatic heterocycles. The van der Waals surface area contributed by atoms with E-state index in [1.54, 1.807) is 13.0 Å². The summed E-state index contributed by atoms with van der Waals surface area (Å²) in [4.78, 5) is 3.55. The molecule has 0 aliphatic rings. The second-order valence-corrected chi connectivity index (χ2v) is 6.79. The van der Waals surface area contributed by atoms with Crippen LogP contribution in [0, 0.1) is 12.7 Å². The number of aromatic nitrogens is 1. The lowest BCUT2D eigenvalue weighted by atomic mass is 10.3. The van der Waals surface area contributed by atoms with Crippen LogP contribution >= 0.6 is 27.5 Å². The molecule has 0 amide bonds. The van der Waals surface area contributed by atoms with Gasteiger partial charge in [-0.25, -0.2) is 17.8 Å². The van der Waals surface area contributed by atoms with E-state index in [9.17, 15) is 12.8 Å². The zero-order chi connectivity index (χ0) is 14.9. The van der Waals surface area contributed by atoms with E-state index in [0.717, 1.165) is 6.07 Å². The summed E-state index contributed by atoms with van der Waals surface area (Å²) in [5, 5.41) is -0.251. The van der Waals surface area contributed by atoms with Gasteiger partial charge in [-0.2, -0.15) is 0 Å². The molecule has 1 aromatic carbocycles. The molecule has 1 heterocycles. The van der Waals surface area contributed by atoms with Crippen LogP contribution in [0.2, 0.25) is 5.02 Å². The fraction of sp³-hybridized carbons (Fsp3) is 0.0833. The lowest BCUT2D eigenvalue weighted by Crippen LogP contribution is -2.15. The van der Waals surface area contributed by atoms with E-state index >= 15 is 0 Å². The lowest BCUT2D eigenvalue weighted by molar-refractivity contribution is 0.570. The molecular formula is C12H9BrClFN2O2S. The van der Waals surface area contributed by atoms with E-state index in [4.69, 9.17) is 11.6 Å². The standard InChI is InChI=1S/C12H9BrClFN2O2S/c1-7-9(5-6-11(13)16-7)17-20(18,19)10-4-2-3-8(14)12(10)15/h2-6,17H,1H3. The Kier molecular flexibility index (Phi) is 4.31. The zero-order valence-corrected chi connectivity index (χ0v) is 13.4. The predicted octanol–water partition coefficient (Wildman–Crippen LogP) is 3.75. The number of hydrogen-bond donors (Lipinski definition) is 1. The van der Waals surface area contributed by atoms with Crippen LogP contribution in [0.3, 0.4) is 0 Å². The van der Waals surface area contributed by atoms with Crippen molar-refractivity contribution in [2.75, 3.05) is 4.72 Å². The molecular weight excluding hydrogens is 371 g/mol. The van der Waals surface area contributed by atoms with Crippen molar-refractivity contribution in [2.24, 2.45) is 0 Å². The number of benzene rings is 1. The fourth-order valence-corrected chi connectivity index (χ4v) is 3.38. The highest BCUT2D eigenvalue weighted by atomic mass is 79.9. The summed E-state index contributed by atoms with van der Waals surface area (Å²) in [5.41, 5.74) is 0.734. The smallest absolute Gasteiger partial charge is 0.264 e. The first-order chi connectivity index (χ1) is 9.31. The Hall–Kier alpha value is -1.18. The number of pyridine rings is 1. The monoisotopic (exact) mass is 378 g/mol. The second-order valence-electron chi connectivity index (χ2n) is 3.92.